The van der Waals surface area contributed by atoms with Gasteiger partial charge in [0, 0.05) is 41.8 Å². The Morgan fingerprint density at radius 2 is 0.611 bits per heavy atom. The van der Waals surface area contributed by atoms with Crippen LogP contribution in [0.4, 0.5) is 0 Å². The van der Waals surface area contributed by atoms with Crippen molar-refractivity contribution >= 4 is 23.5 Å². The molecule has 8 aromatic carbocycles. The minimum atomic E-state index is -0.601. The van der Waals surface area contributed by atoms with Gasteiger partial charge in [-0.1, -0.05) is 157 Å². The first-order chi connectivity index (χ1) is 26.7. The number of rotatable bonds is 1. The highest BCUT2D eigenvalue weighted by Gasteiger charge is 2.51. The molecule has 0 radical (unpaired) electrons. The number of benzene rings is 8. The fourth-order valence-electron chi connectivity index (χ4n) is 9.60. The zero-order valence-corrected chi connectivity index (χ0v) is 30.6. The van der Waals surface area contributed by atoms with Gasteiger partial charge in [-0.3, -0.25) is 0 Å². The van der Waals surface area contributed by atoms with E-state index < -0.39 is 10.8 Å². The van der Waals surface area contributed by atoms with Crippen molar-refractivity contribution in [3.8, 4) is 34.1 Å². The fourth-order valence-corrected chi connectivity index (χ4v) is 12.0. The quantitative estimate of drug-likeness (QED) is 0.168. The first kappa shape index (κ1) is 30.5. The molecule has 0 atom stereocenters. The van der Waals surface area contributed by atoms with Crippen LogP contribution in [0.5, 0.6) is 23.0 Å². The van der Waals surface area contributed by atoms with E-state index in [1.807, 2.05) is 23.5 Å². The third kappa shape index (κ3) is 3.94. The molecule has 2 spiro atoms. The summed E-state index contributed by atoms with van der Waals surface area (Å²) in [7, 11) is 0. The smallest absolute Gasteiger partial charge is 0.132 e. The van der Waals surface area contributed by atoms with Crippen LogP contribution in [0.1, 0.15) is 44.5 Å². The molecule has 0 unspecified atom stereocenters. The van der Waals surface area contributed by atoms with E-state index in [1.165, 1.54) is 41.8 Å². The molecule has 0 bridgehead atoms. The molecular formula is C50H30O2S2. The number of para-hydroxylation sites is 3. The van der Waals surface area contributed by atoms with E-state index in [1.54, 1.807) is 0 Å². The van der Waals surface area contributed by atoms with Gasteiger partial charge >= 0.3 is 0 Å². The van der Waals surface area contributed by atoms with Crippen molar-refractivity contribution in [1.82, 2.24) is 0 Å². The summed E-state index contributed by atoms with van der Waals surface area (Å²) in [6, 6.07) is 66.2. The minimum Gasteiger partial charge on any atom is -0.457 e. The lowest BCUT2D eigenvalue weighted by Crippen LogP contribution is -2.36. The number of fused-ring (bicyclic) bond motifs is 16. The molecule has 0 amide bonds. The van der Waals surface area contributed by atoms with E-state index >= 15 is 0 Å². The van der Waals surface area contributed by atoms with Crippen LogP contribution in [-0.4, -0.2) is 0 Å². The van der Waals surface area contributed by atoms with Gasteiger partial charge in [-0.15, -0.1) is 0 Å². The molecule has 4 heteroatoms. The monoisotopic (exact) mass is 726 g/mol. The van der Waals surface area contributed by atoms with Gasteiger partial charge in [-0.2, -0.15) is 0 Å². The Kier molecular flexibility index (Phi) is 6.38. The van der Waals surface area contributed by atoms with E-state index in [9.17, 15) is 0 Å². The highest BCUT2D eigenvalue weighted by atomic mass is 32.2. The van der Waals surface area contributed by atoms with Gasteiger partial charge in [0.25, 0.3) is 0 Å². The van der Waals surface area contributed by atoms with Crippen LogP contribution in [0.25, 0.3) is 11.1 Å². The Morgan fingerprint density at radius 1 is 0.278 bits per heavy atom. The summed E-state index contributed by atoms with van der Waals surface area (Å²) < 4.78 is 13.4. The topological polar surface area (TPSA) is 18.5 Å². The van der Waals surface area contributed by atoms with E-state index in [0.717, 1.165) is 56.4 Å². The molecule has 54 heavy (non-hydrogen) atoms. The summed E-state index contributed by atoms with van der Waals surface area (Å²) in [6.45, 7) is 0. The van der Waals surface area contributed by atoms with Crippen LogP contribution in [0, 0.1) is 0 Å². The Bertz CT molecular complexity index is 2550. The summed E-state index contributed by atoms with van der Waals surface area (Å²) in [5.74, 6) is 3.46. The standard InChI is InChI=1S/C50H30O2S2/c1-7-19-41-33(13-1)49(34-14-2-8-20-42(34)51-41)35-15-3-9-21-43(35)52-44-29-31(25-27-36(44)49)32-26-28-40-48(30-32)54-47-24-12-6-18-39(47)50(40)37-16-4-10-22-45(37)53-46-23-11-5-17-38(46)50/h1-30H. The van der Waals surface area contributed by atoms with Gasteiger partial charge in [-0.25, -0.2) is 0 Å². The molecule has 0 saturated carbocycles. The maximum absolute atomic E-state index is 6.88. The van der Waals surface area contributed by atoms with Gasteiger partial charge < -0.3 is 9.47 Å². The van der Waals surface area contributed by atoms with Crippen molar-refractivity contribution in [2.24, 2.45) is 0 Å². The lowest BCUT2D eigenvalue weighted by molar-refractivity contribution is 0.399. The lowest BCUT2D eigenvalue weighted by Gasteiger charge is -2.45. The predicted molar refractivity (Wildman–Crippen MR) is 217 cm³/mol. The SMILES string of the molecule is c1ccc2c(c1)Oc1ccccc1C21c2ccccc2Oc2cc(-c3ccc4c(c3)Sc3ccccc3C43c4ccccc4Sc4ccccc43)ccc21. The second-order valence-corrected chi connectivity index (χ2v) is 16.5. The highest BCUT2D eigenvalue weighted by Crippen LogP contribution is 2.63. The minimum absolute atomic E-state index is 0.424. The number of hydrogen-bond acceptors (Lipinski definition) is 4. The second-order valence-electron chi connectivity index (χ2n) is 14.3. The molecule has 254 valence electrons. The van der Waals surface area contributed by atoms with Gasteiger partial charge in [0.05, 0.1) is 10.8 Å². The summed E-state index contributed by atoms with van der Waals surface area (Å²) >= 11 is 3.76. The Labute approximate surface area is 322 Å². The summed E-state index contributed by atoms with van der Waals surface area (Å²) in [4.78, 5) is 5.19. The molecule has 4 aliphatic heterocycles. The third-order valence-corrected chi connectivity index (χ3v) is 14.0. The number of hydrogen-bond donors (Lipinski definition) is 0. The molecule has 4 aliphatic rings. The fraction of sp³-hybridized carbons (Fsp3) is 0.0400. The van der Waals surface area contributed by atoms with Crippen molar-refractivity contribution in [2.75, 3.05) is 0 Å². The lowest BCUT2D eigenvalue weighted by atomic mass is 9.62. The van der Waals surface area contributed by atoms with Crippen molar-refractivity contribution in [2.45, 2.75) is 30.4 Å². The maximum atomic E-state index is 6.88. The van der Waals surface area contributed by atoms with Crippen LogP contribution in [0.3, 0.4) is 0 Å². The molecular weight excluding hydrogens is 697 g/mol. The average Bonchev–Trinajstić information content (AvgIpc) is 3.23. The van der Waals surface area contributed by atoms with Gasteiger partial charge in [0.1, 0.15) is 23.0 Å². The Hall–Kier alpha value is -5.94. The van der Waals surface area contributed by atoms with E-state index in [-0.39, 0.29) is 0 Å². The molecule has 2 nitrogen and oxygen atoms in total. The van der Waals surface area contributed by atoms with Gasteiger partial charge in [0.2, 0.25) is 0 Å². The Balaban J connectivity index is 1.07. The van der Waals surface area contributed by atoms with Gasteiger partial charge in [-0.05, 0) is 81.9 Å². The van der Waals surface area contributed by atoms with E-state index in [0.29, 0.717) is 0 Å². The molecule has 0 aromatic heterocycles. The number of ether oxygens (including phenoxy) is 2. The molecule has 12 rings (SSSR count). The average molecular weight is 727 g/mol. The molecule has 4 heterocycles. The zero-order chi connectivity index (χ0) is 35.4. The van der Waals surface area contributed by atoms with E-state index in [4.69, 9.17) is 9.47 Å². The highest BCUT2D eigenvalue weighted by molar-refractivity contribution is 8.00. The largest absolute Gasteiger partial charge is 0.457 e. The van der Waals surface area contributed by atoms with Crippen LogP contribution >= 0.6 is 23.5 Å². The van der Waals surface area contributed by atoms with Crippen molar-refractivity contribution in [3.05, 3.63) is 226 Å². The molecule has 0 saturated heterocycles. The molecule has 0 fully saturated rings. The zero-order valence-electron chi connectivity index (χ0n) is 29.0. The normalized spacial score (nSPS) is 15.5. The summed E-state index contributed by atoms with van der Waals surface area (Å²) in [5.41, 5.74) is 11.1. The first-order valence-corrected chi connectivity index (χ1v) is 20.0. The van der Waals surface area contributed by atoms with Gasteiger partial charge in [0.15, 0.2) is 0 Å². The molecule has 8 aromatic rings. The molecule has 0 aliphatic carbocycles. The van der Waals surface area contributed by atoms with Crippen LogP contribution < -0.4 is 9.47 Å². The second kappa shape index (κ2) is 11.3. The first-order valence-electron chi connectivity index (χ1n) is 18.3. The Morgan fingerprint density at radius 3 is 1.13 bits per heavy atom. The molecule has 0 N–H and O–H groups in total. The summed E-state index contributed by atoms with van der Waals surface area (Å²) in [6.07, 6.45) is 0. The van der Waals surface area contributed by atoms with Crippen LogP contribution in [0.15, 0.2) is 202 Å². The summed E-state index contributed by atoms with van der Waals surface area (Å²) in [5, 5.41) is 0. The van der Waals surface area contributed by atoms with Crippen LogP contribution in [-0.2, 0) is 10.8 Å². The van der Waals surface area contributed by atoms with E-state index in [2.05, 4.69) is 182 Å². The van der Waals surface area contributed by atoms with Crippen molar-refractivity contribution in [3.63, 3.8) is 0 Å². The van der Waals surface area contributed by atoms with Crippen LogP contribution in [0.2, 0.25) is 0 Å². The van der Waals surface area contributed by atoms with Crippen molar-refractivity contribution in [1.29, 1.82) is 0 Å². The third-order valence-electron chi connectivity index (χ3n) is 11.7. The maximum Gasteiger partial charge on any atom is 0.132 e. The van der Waals surface area contributed by atoms with Crippen molar-refractivity contribution < 1.29 is 9.47 Å². The predicted octanol–water partition coefficient (Wildman–Crippen LogP) is 13.3.